The highest BCUT2D eigenvalue weighted by Gasteiger charge is 2.31. The van der Waals surface area contributed by atoms with Crippen LogP contribution in [0.3, 0.4) is 0 Å². The molecule has 1 aliphatic rings. The first-order valence-electron chi connectivity index (χ1n) is 12.5. The van der Waals surface area contributed by atoms with Crippen molar-refractivity contribution in [3.8, 4) is 29.1 Å². The van der Waals surface area contributed by atoms with Crippen molar-refractivity contribution in [2.45, 2.75) is 18.9 Å². The van der Waals surface area contributed by atoms with Gasteiger partial charge in [-0.2, -0.15) is 5.26 Å². The van der Waals surface area contributed by atoms with Gasteiger partial charge in [-0.25, -0.2) is 0 Å². The number of fused-ring (bicyclic) bond motifs is 1. The molecule has 1 heterocycles. The number of carbonyl (C=O) groups excluding carboxylic acids is 1. The molecule has 8 heteroatoms. The maximum atomic E-state index is 12.6. The van der Waals surface area contributed by atoms with Crippen LogP contribution in [0.15, 0.2) is 102 Å². The Morgan fingerprint density at radius 1 is 0.950 bits per heavy atom. The van der Waals surface area contributed by atoms with E-state index in [1.807, 2.05) is 60.7 Å². The molecule has 40 heavy (non-hydrogen) atoms. The molecule has 200 valence electrons. The second kappa shape index (κ2) is 11.9. The fourth-order valence-electron chi connectivity index (χ4n) is 4.45. The summed E-state index contributed by atoms with van der Waals surface area (Å²) in [4.78, 5) is 12.6. The predicted octanol–water partition coefficient (Wildman–Crippen LogP) is 6.29. The highest BCUT2D eigenvalue weighted by atomic mass is 35.5. The Balaban J connectivity index is 1.35. The minimum absolute atomic E-state index is 0.00537. The molecular formula is C32H25ClN2O5. The number of carbonyl (C=O) groups is 1. The molecule has 0 saturated heterocycles. The number of nitrogens with two attached hydrogens (primary N) is 1. The van der Waals surface area contributed by atoms with Gasteiger partial charge in [0.25, 0.3) is 0 Å². The first kappa shape index (κ1) is 26.7. The SMILES string of the molecule is COc1ccc(CC(=O)Oc2ccc3c(c2)OC(N)=C(C#N)C3c2cccc(OCc3ccc(Cl)cc3)c2)cc1. The fourth-order valence-corrected chi connectivity index (χ4v) is 4.58. The molecule has 0 aromatic heterocycles. The average molecular weight is 553 g/mol. The molecule has 0 spiro atoms. The molecule has 0 saturated carbocycles. The van der Waals surface area contributed by atoms with E-state index in [9.17, 15) is 10.1 Å². The van der Waals surface area contributed by atoms with E-state index in [0.717, 1.165) is 22.3 Å². The average Bonchev–Trinajstić information content (AvgIpc) is 2.96. The van der Waals surface area contributed by atoms with Gasteiger partial charge in [0.15, 0.2) is 0 Å². The lowest BCUT2D eigenvalue weighted by Gasteiger charge is -2.27. The molecule has 1 unspecified atom stereocenters. The van der Waals surface area contributed by atoms with E-state index in [0.29, 0.717) is 34.6 Å². The standard InChI is InChI=1S/C32H25ClN2O5/c1-37-24-11-7-20(8-12-24)15-30(36)39-26-13-14-27-29(17-26)40-32(35)28(18-34)31(27)22-3-2-4-25(16-22)38-19-21-5-9-23(33)10-6-21/h2-14,16-17,31H,15,19,35H2,1H3. The fraction of sp³-hybridized carbons (Fsp3) is 0.125. The molecule has 5 rings (SSSR count). The monoisotopic (exact) mass is 552 g/mol. The molecule has 0 fully saturated rings. The molecular weight excluding hydrogens is 528 g/mol. The van der Waals surface area contributed by atoms with Crippen molar-refractivity contribution in [3.63, 3.8) is 0 Å². The number of nitriles is 1. The third kappa shape index (κ3) is 6.04. The number of allylic oxidation sites excluding steroid dienone is 1. The van der Waals surface area contributed by atoms with Crippen LogP contribution in [0.25, 0.3) is 0 Å². The number of hydrogen-bond donors (Lipinski definition) is 1. The molecule has 2 N–H and O–H groups in total. The van der Waals surface area contributed by atoms with Crippen LogP contribution in [-0.2, 0) is 17.8 Å². The minimum atomic E-state index is -0.489. The van der Waals surface area contributed by atoms with Crippen LogP contribution in [0.4, 0.5) is 0 Å². The van der Waals surface area contributed by atoms with Gasteiger partial charge < -0.3 is 24.7 Å². The Morgan fingerprint density at radius 2 is 1.68 bits per heavy atom. The van der Waals surface area contributed by atoms with Crippen LogP contribution in [0, 0.1) is 11.3 Å². The quantitative estimate of drug-likeness (QED) is 0.202. The lowest BCUT2D eigenvalue weighted by molar-refractivity contribution is -0.133. The second-order valence-corrected chi connectivity index (χ2v) is 9.55. The summed E-state index contributed by atoms with van der Waals surface area (Å²) >= 11 is 5.97. The summed E-state index contributed by atoms with van der Waals surface area (Å²) in [5.74, 6) is 1.14. The molecule has 4 aromatic carbocycles. The summed E-state index contributed by atoms with van der Waals surface area (Å²) < 4.78 is 22.5. The lowest BCUT2D eigenvalue weighted by atomic mass is 9.83. The van der Waals surface area contributed by atoms with Gasteiger partial charge in [-0.1, -0.05) is 54.1 Å². The molecule has 0 bridgehead atoms. The Kier molecular flexibility index (Phi) is 7.90. The van der Waals surface area contributed by atoms with E-state index < -0.39 is 11.9 Å². The largest absolute Gasteiger partial charge is 0.497 e. The van der Waals surface area contributed by atoms with Crippen LogP contribution >= 0.6 is 11.6 Å². The van der Waals surface area contributed by atoms with Gasteiger partial charge in [-0.05, 0) is 59.2 Å². The number of benzene rings is 4. The zero-order chi connectivity index (χ0) is 28.1. The van der Waals surface area contributed by atoms with Gasteiger partial charge >= 0.3 is 5.97 Å². The molecule has 1 atom stereocenters. The molecule has 1 aliphatic heterocycles. The Labute approximate surface area is 236 Å². The number of nitrogens with zero attached hydrogens (tertiary/aromatic N) is 1. The number of esters is 1. The number of ether oxygens (including phenoxy) is 4. The van der Waals surface area contributed by atoms with Gasteiger partial charge in [0.2, 0.25) is 5.88 Å². The minimum Gasteiger partial charge on any atom is -0.497 e. The Morgan fingerprint density at radius 3 is 2.40 bits per heavy atom. The number of rotatable bonds is 8. The number of halogens is 1. The van der Waals surface area contributed by atoms with Crippen LogP contribution in [0.5, 0.6) is 23.0 Å². The molecule has 0 aliphatic carbocycles. The van der Waals surface area contributed by atoms with E-state index >= 15 is 0 Å². The van der Waals surface area contributed by atoms with Crippen molar-refractivity contribution in [2.24, 2.45) is 5.73 Å². The lowest BCUT2D eigenvalue weighted by Crippen LogP contribution is -2.21. The van der Waals surface area contributed by atoms with Crippen molar-refractivity contribution in [1.82, 2.24) is 0 Å². The highest BCUT2D eigenvalue weighted by Crippen LogP contribution is 2.44. The molecule has 0 amide bonds. The second-order valence-electron chi connectivity index (χ2n) is 9.11. The van der Waals surface area contributed by atoms with Gasteiger partial charge in [0, 0.05) is 16.7 Å². The maximum absolute atomic E-state index is 12.6. The van der Waals surface area contributed by atoms with Gasteiger partial charge in [0.05, 0.1) is 19.4 Å². The van der Waals surface area contributed by atoms with Crippen molar-refractivity contribution in [2.75, 3.05) is 7.11 Å². The third-order valence-electron chi connectivity index (χ3n) is 6.44. The summed E-state index contributed by atoms with van der Waals surface area (Å²) in [6.07, 6.45) is 0.0913. The van der Waals surface area contributed by atoms with Crippen molar-refractivity contribution >= 4 is 17.6 Å². The summed E-state index contributed by atoms with van der Waals surface area (Å²) in [6, 6.07) is 29.4. The van der Waals surface area contributed by atoms with Crippen molar-refractivity contribution in [1.29, 1.82) is 5.26 Å². The zero-order valence-electron chi connectivity index (χ0n) is 21.6. The Hall–Kier alpha value is -4.93. The molecule has 7 nitrogen and oxygen atoms in total. The Bertz CT molecular complexity index is 1610. The summed E-state index contributed by atoms with van der Waals surface area (Å²) in [5.41, 5.74) is 9.75. The van der Waals surface area contributed by atoms with Crippen LogP contribution in [-0.4, -0.2) is 13.1 Å². The summed E-state index contributed by atoms with van der Waals surface area (Å²) in [7, 11) is 1.58. The van der Waals surface area contributed by atoms with Gasteiger partial charge in [-0.15, -0.1) is 0 Å². The number of methoxy groups -OCH3 is 1. The van der Waals surface area contributed by atoms with E-state index in [2.05, 4.69) is 6.07 Å². The van der Waals surface area contributed by atoms with Crippen LogP contribution in [0.1, 0.15) is 28.2 Å². The molecule has 0 radical (unpaired) electrons. The van der Waals surface area contributed by atoms with Crippen molar-refractivity contribution < 1.29 is 23.7 Å². The first-order valence-corrected chi connectivity index (χ1v) is 12.8. The van der Waals surface area contributed by atoms with E-state index in [1.54, 1.807) is 37.4 Å². The predicted molar refractivity (Wildman–Crippen MR) is 150 cm³/mol. The summed E-state index contributed by atoms with van der Waals surface area (Å²) in [6.45, 7) is 0.360. The van der Waals surface area contributed by atoms with E-state index in [1.165, 1.54) is 0 Å². The van der Waals surface area contributed by atoms with Crippen LogP contribution < -0.4 is 24.7 Å². The molecule has 4 aromatic rings. The van der Waals surface area contributed by atoms with Crippen molar-refractivity contribution in [3.05, 3.63) is 130 Å². The number of hydrogen-bond acceptors (Lipinski definition) is 7. The third-order valence-corrected chi connectivity index (χ3v) is 6.69. The normalized spacial score (nSPS) is 14.0. The smallest absolute Gasteiger partial charge is 0.315 e. The van der Waals surface area contributed by atoms with E-state index in [4.69, 9.17) is 36.3 Å². The summed E-state index contributed by atoms with van der Waals surface area (Å²) in [5, 5.41) is 10.6. The van der Waals surface area contributed by atoms with Gasteiger partial charge in [0.1, 0.15) is 41.2 Å². The van der Waals surface area contributed by atoms with Gasteiger partial charge in [-0.3, -0.25) is 4.79 Å². The first-order chi connectivity index (χ1) is 19.4. The maximum Gasteiger partial charge on any atom is 0.315 e. The van der Waals surface area contributed by atoms with Crippen LogP contribution in [0.2, 0.25) is 5.02 Å². The van der Waals surface area contributed by atoms with E-state index in [-0.39, 0.29) is 17.9 Å². The topological polar surface area (TPSA) is 104 Å². The highest BCUT2D eigenvalue weighted by molar-refractivity contribution is 6.30. The zero-order valence-corrected chi connectivity index (χ0v) is 22.4.